The van der Waals surface area contributed by atoms with Gasteiger partial charge >= 0.3 is 0 Å². The lowest BCUT2D eigenvalue weighted by molar-refractivity contribution is 0.420. The van der Waals surface area contributed by atoms with Gasteiger partial charge in [-0.05, 0) is 50.8 Å². The van der Waals surface area contributed by atoms with Crippen LogP contribution in [0, 0.1) is 12.8 Å². The van der Waals surface area contributed by atoms with Gasteiger partial charge < -0.3 is 10.2 Å². The van der Waals surface area contributed by atoms with E-state index in [0.717, 1.165) is 31.1 Å². The Labute approximate surface area is 117 Å². The van der Waals surface area contributed by atoms with Gasteiger partial charge in [-0.2, -0.15) is 0 Å². The first-order chi connectivity index (χ1) is 9.16. The number of nitrogens with one attached hydrogen (secondary N) is 1. The van der Waals surface area contributed by atoms with Crippen molar-refractivity contribution < 1.29 is 0 Å². The number of nitrogens with zero attached hydrogens (tertiary/aromatic N) is 2. The lowest BCUT2D eigenvalue weighted by atomic mass is 10.0. The molecule has 3 nitrogen and oxygen atoms in total. The van der Waals surface area contributed by atoms with E-state index < -0.39 is 0 Å². The summed E-state index contributed by atoms with van der Waals surface area (Å²) in [5.41, 5.74) is 1.11. The van der Waals surface area contributed by atoms with Crippen LogP contribution in [-0.2, 0) is 0 Å². The monoisotopic (exact) mass is 261 g/mol. The van der Waals surface area contributed by atoms with Gasteiger partial charge in [-0.1, -0.05) is 19.9 Å². The highest BCUT2D eigenvalue weighted by Gasteiger charge is 2.23. The Morgan fingerprint density at radius 2 is 2.21 bits per heavy atom. The number of hydrogen-bond acceptors (Lipinski definition) is 3. The Hall–Kier alpha value is -1.09. The Morgan fingerprint density at radius 1 is 1.37 bits per heavy atom. The molecule has 0 bridgehead atoms. The van der Waals surface area contributed by atoms with Gasteiger partial charge in [0, 0.05) is 24.8 Å². The van der Waals surface area contributed by atoms with Crippen molar-refractivity contribution in [2.24, 2.45) is 5.92 Å². The third kappa shape index (κ3) is 4.20. The van der Waals surface area contributed by atoms with E-state index >= 15 is 0 Å². The minimum atomic E-state index is 0.599. The number of anilines is 1. The summed E-state index contributed by atoms with van der Waals surface area (Å²) in [5.74, 6) is 1.87. The van der Waals surface area contributed by atoms with Gasteiger partial charge in [-0.25, -0.2) is 4.98 Å². The molecule has 1 atom stereocenters. The van der Waals surface area contributed by atoms with Crippen molar-refractivity contribution in [1.82, 2.24) is 10.3 Å². The SMILES string of the molecule is Cc1cccc(N2CCCCC2CNCC(C)C)n1. The first-order valence-electron chi connectivity index (χ1n) is 7.58. The van der Waals surface area contributed by atoms with E-state index in [1.54, 1.807) is 0 Å². The second kappa shape index (κ2) is 6.90. The summed E-state index contributed by atoms with van der Waals surface area (Å²) < 4.78 is 0. The molecule has 0 radical (unpaired) electrons. The van der Waals surface area contributed by atoms with Crippen LogP contribution in [0.5, 0.6) is 0 Å². The standard InChI is InChI=1S/C16H27N3/c1-13(2)11-17-12-15-8-4-5-10-19(15)16-9-6-7-14(3)18-16/h6-7,9,13,15,17H,4-5,8,10-12H2,1-3H3. The maximum atomic E-state index is 4.69. The molecule has 0 aromatic carbocycles. The first kappa shape index (κ1) is 14.3. The van der Waals surface area contributed by atoms with Crippen molar-refractivity contribution in [3.8, 4) is 0 Å². The molecule has 1 aromatic heterocycles. The quantitative estimate of drug-likeness (QED) is 0.883. The van der Waals surface area contributed by atoms with E-state index in [9.17, 15) is 0 Å². The van der Waals surface area contributed by atoms with Crippen LogP contribution in [0.15, 0.2) is 18.2 Å². The fourth-order valence-electron chi connectivity index (χ4n) is 2.74. The fourth-order valence-corrected chi connectivity index (χ4v) is 2.74. The summed E-state index contributed by atoms with van der Waals surface area (Å²) in [4.78, 5) is 7.18. The summed E-state index contributed by atoms with van der Waals surface area (Å²) in [6.45, 7) is 9.91. The van der Waals surface area contributed by atoms with Crippen molar-refractivity contribution in [1.29, 1.82) is 0 Å². The molecule has 0 spiro atoms. The van der Waals surface area contributed by atoms with E-state index in [1.807, 2.05) is 0 Å². The lowest BCUT2D eigenvalue weighted by Gasteiger charge is -2.37. The summed E-state index contributed by atoms with van der Waals surface area (Å²) in [7, 11) is 0. The Bertz CT molecular complexity index is 389. The molecule has 2 heterocycles. The molecule has 1 saturated heterocycles. The average Bonchev–Trinajstić information content (AvgIpc) is 2.39. The normalized spacial score (nSPS) is 20.0. The van der Waals surface area contributed by atoms with Crippen LogP contribution in [0.3, 0.4) is 0 Å². The van der Waals surface area contributed by atoms with Crippen molar-refractivity contribution in [3.05, 3.63) is 23.9 Å². The van der Waals surface area contributed by atoms with E-state index in [4.69, 9.17) is 0 Å². The summed E-state index contributed by atoms with van der Waals surface area (Å²) >= 11 is 0. The van der Waals surface area contributed by atoms with Gasteiger partial charge in [0.25, 0.3) is 0 Å². The van der Waals surface area contributed by atoms with Crippen molar-refractivity contribution in [2.75, 3.05) is 24.5 Å². The second-order valence-electron chi connectivity index (χ2n) is 6.03. The zero-order chi connectivity index (χ0) is 13.7. The first-order valence-corrected chi connectivity index (χ1v) is 7.58. The molecule has 1 unspecified atom stereocenters. The number of piperidine rings is 1. The third-order valence-electron chi connectivity index (χ3n) is 3.73. The van der Waals surface area contributed by atoms with E-state index in [1.165, 1.54) is 19.3 Å². The van der Waals surface area contributed by atoms with Crippen molar-refractivity contribution in [3.63, 3.8) is 0 Å². The minimum absolute atomic E-state index is 0.599. The topological polar surface area (TPSA) is 28.2 Å². The predicted octanol–water partition coefficient (Wildman–Crippen LogP) is 2.99. The molecule has 106 valence electrons. The molecule has 3 heteroatoms. The molecule has 2 rings (SSSR count). The van der Waals surface area contributed by atoms with Crippen LogP contribution in [-0.4, -0.2) is 30.7 Å². The van der Waals surface area contributed by atoms with Crippen LogP contribution in [0.4, 0.5) is 5.82 Å². The van der Waals surface area contributed by atoms with Crippen molar-refractivity contribution >= 4 is 5.82 Å². The summed E-state index contributed by atoms with van der Waals surface area (Å²) in [6, 6.07) is 6.93. The molecule has 1 aliphatic rings. The van der Waals surface area contributed by atoms with Crippen LogP contribution < -0.4 is 10.2 Å². The number of rotatable bonds is 5. The van der Waals surface area contributed by atoms with Gasteiger partial charge in [0.1, 0.15) is 5.82 Å². The smallest absolute Gasteiger partial charge is 0.129 e. The third-order valence-corrected chi connectivity index (χ3v) is 3.73. The average molecular weight is 261 g/mol. The van der Waals surface area contributed by atoms with Gasteiger partial charge in [0.2, 0.25) is 0 Å². The van der Waals surface area contributed by atoms with Crippen LogP contribution in [0.1, 0.15) is 38.8 Å². The number of pyridine rings is 1. The molecule has 0 amide bonds. The minimum Gasteiger partial charge on any atom is -0.352 e. The molecular formula is C16H27N3. The predicted molar refractivity (Wildman–Crippen MR) is 81.7 cm³/mol. The van der Waals surface area contributed by atoms with E-state index in [2.05, 4.69) is 54.2 Å². The Balaban J connectivity index is 1.99. The Kier molecular flexibility index (Phi) is 5.20. The number of aromatic nitrogens is 1. The maximum absolute atomic E-state index is 4.69. The lowest BCUT2D eigenvalue weighted by Crippen LogP contribution is -2.46. The van der Waals surface area contributed by atoms with Gasteiger partial charge in [0.15, 0.2) is 0 Å². The molecule has 1 aromatic rings. The molecular weight excluding hydrogens is 234 g/mol. The van der Waals surface area contributed by atoms with Gasteiger partial charge in [0.05, 0.1) is 0 Å². The molecule has 1 fully saturated rings. The van der Waals surface area contributed by atoms with Crippen LogP contribution in [0.25, 0.3) is 0 Å². The zero-order valence-corrected chi connectivity index (χ0v) is 12.5. The summed E-state index contributed by atoms with van der Waals surface area (Å²) in [6.07, 6.45) is 3.91. The maximum Gasteiger partial charge on any atom is 0.129 e. The van der Waals surface area contributed by atoms with E-state index in [-0.39, 0.29) is 0 Å². The fraction of sp³-hybridized carbons (Fsp3) is 0.688. The number of aryl methyl sites for hydroxylation is 1. The largest absolute Gasteiger partial charge is 0.352 e. The Morgan fingerprint density at radius 3 is 2.95 bits per heavy atom. The van der Waals surface area contributed by atoms with Crippen molar-refractivity contribution in [2.45, 2.75) is 46.1 Å². The highest BCUT2D eigenvalue weighted by molar-refractivity contribution is 5.41. The highest BCUT2D eigenvalue weighted by Crippen LogP contribution is 2.23. The zero-order valence-electron chi connectivity index (χ0n) is 12.5. The van der Waals surface area contributed by atoms with Gasteiger partial charge in [-0.3, -0.25) is 0 Å². The molecule has 19 heavy (non-hydrogen) atoms. The molecule has 0 aliphatic carbocycles. The molecule has 1 N–H and O–H groups in total. The van der Waals surface area contributed by atoms with Crippen LogP contribution in [0.2, 0.25) is 0 Å². The van der Waals surface area contributed by atoms with Gasteiger partial charge in [-0.15, -0.1) is 0 Å². The summed E-state index contributed by atoms with van der Waals surface area (Å²) in [5, 5.41) is 3.60. The van der Waals surface area contributed by atoms with Crippen LogP contribution >= 0.6 is 0 Å². The molecule has 1 aliphatic heterocycles. The number of hydrogen-bond donors (Lipinski definition) is 1. The second-order valence-corrected chi connectivity index (χ2v) is 6.03. The van der Waals surface area contributed by atoms with E-state index in [0.29, 0.717) is 12.0 Å². The highest BCUT2D eigenvalue weighted by atomic mass is 15.2. The molecule has 0 saturated carbocycles.